The van der Waals surface area contributed by atoms with E-state index in [1.165, 1.54) is 0 Å². The van der Waals surface area contributed by atoms with Crippen LogP contribution in [0.2, 0.25) is 0 Å². The molecule has 0 aromatic heterocycles. The molecule has 0 saturated heterocycles. The average Bonchev–Trinajstić information content (AvgIpc) is 3.53. The van der Waals surface area contributed by atoms with Crippen molar-refractivity contribution in [3.8, 4) is 45.6 Å². The first-order chi connectivity index (χ1) is 16.9. The molecule has 186 valence electrons. The van der Waals surface area contributed by atoms with Crippen molar-refractivity contribution < 1.29 is 38.0 Å². The van der Waals surface area contributed by atoms with Crippen molar-refractivity contribution in [3.63, 3.8) is 0 Å². The molecule has 0 fully saturated rings. The van der Waals surface area contributed by atoms with Crippen LogP contribution in [-0.4, -0.2) is 33.8 Å². The van der Waals surface area contributed by atoms with E-state index in [-0.39, 0.29) is 31.4 Å². The van der Waals surface area contributed by atoms with E-state index in [0.717, 1.165) is 22.3 Å². The van der Waals surface area contributed by atoms with E-state index in [4.69, 9.17) is 33.2 Å². The molecule has 8 heteroatoms. The van der Waals surface area contributed by atoms with Gasteiger partial charge in [-0.3, -0.25) is 0 Å². The lowest BCUT2D eigenvalue weighted by Gasteiger charge is -2.35. The number of carbonyl (C=O) groups is 1. The predicted octanol–water partition coefficient (Wildman–Crippen LogP) is 5.21. The van der Waals surface area contributed by atoms with Crippen molar-refractivity contribution in [1.29, 1.82) is 0 Å². The Balaban J connectivity index is 1.85. The molecule has 3 aliphatic rings. The van der Waals surface area contributed by atoms with Gasteiger partial charge in [0.25, 0.3) is 0 Å². The summed E-state index contributed by atoms with van der Waals surface area (Å²) in [5.74, 6) is 3.06. The number of hydrogen-bond acceptors (Lipinski definition) is 8. The number of benzene rings is 2. The number of allylic oxidation sites excluding steroid dienone is 1. The fourth-order valence-corrected chi connectivity index (χ4v) is 5.01. The highest BCUT2D eigenvalue weighted by Gasteiger charge is 2.40. The molecule has 35 heavy (non-hydrogen) atoms. The van der Waals surface area contributed by atoms with E-state index in [2.05, 4.69) is 13.8 Å². The van der Waals surface area contributed by atoms with Crippen LogP contribution in [0.4, 0.5) is 0 Å². The molecular formula is C27H30O8. The normalized spacial score (nSPS) is 22.0. The monoisotopic (exact) mass is 482 g/mol. The summed E-state index contributed by atoms with van der Waals surface area (Å²) < 4.78 is 41.1. The van der Waals surface area contributed by atoms with Crippen molar-refractivity contribution in [1.82, 2.24) is 0 Å². The van der Waals surface area contributed by atoms with Crippen molar-refractivity contribution in [3.05, 3.63) is 34.9 Å². The number of carbonyl (C=O) groups excluding carboxylic acids is 1. The number of fused-ring (bicyclic) bond motifs is 5. The molecule has 2 heterocycles. The Morgan fingerprint density at radius 3 is 2.14 bits per heavy atom. The zero-order chi connectivity index (χ0) is 24.9. The summed E-state index contributed by atoms with van der Waals surface area (Å²) in [6.07, 6.45) is 1.89. The lowest BCUT2D eigenvalue weighted by Crippen LogP contribution is -2.27. The zero-order valence-corrected chi connectivity index (χ0v) is 20.9. The highest BCUT2D eigenvalue weighted by molar-refractivity contribution is 5.90. The third kappa shape index (κ3) is 3.63. The van der Waals surface area contributed by atoms with Crippen molar-refractivity contribution >= 4 is 5.97 Å². The second kappa shape index (κ2) is 8.91. The molecule has 0 spiro atoms. The lowest BCUT2D eigenvalue weighted by atomic mass is 9.76. The summed E-state index contributed by atoms with van der Waals surface area (Å²) in [5.41, 5.74) is 3.88. The van der Waals surface area contributed by atoms with Gasteiger partial charge in [0.15, 0.2) is 23.0 Å². The van der Waals surface area contributed by atoms with Gasteiger partial charge in [0.05, 0.1) is 14.2 Å². The molecule has 0 unspecified atom stereocenters. The van der Waals surface area contributed by atoms with E-state index in [1.807, 2.05) is 19.1 Å². The van der Waals surface area contributed by atoms with E-state index < -0.39 is 6.10 Å². The van der Waals surface area contributed by atoms with Crippen molar-refractivity contribution in [2.75, 3.05) is 27.8 Å². The van der Waals surface area contributed by atoms with Crippen molar-refractivity contribution in [2.45, 2.75) is 40.2 Å². The zero-order valence-electron chi connectivity index (χ0n) is 20.9. The van der Waals surface area contributed by atoms with E-state index in [9.17, 15) is 4.79 Å². The largest absolute Gasteiger partial charge is 0.492 e. The smallest absolute Gasteiger partial charge is 0.333 e. The molecule has 2 aliphatic heterocycles. The molecule has 2 aromatic rings. The Morgan fingerprint density at radius 1 is 0.943 bits per heavy atom. The van der Waals surface area contributed by atoms with E-state index in [0.29, 0.717) is 46.5 Å². The first-order valence-corrected chi connectivity index (χ1v) is 11.7. The summed E-state index contributed by atoms with van der Waals surface area (Å²) in [6, 6.07) is 3.90. The molecule has 0 amide bonds. The quantitative estimate of drug-likeness (QED) is 0.434. The minimum atomic E-state index is -0.561. The molecule has 0 saturated carbocycles. The Morgan fingerprint density at radius 2 is 1.54 bits per heavy atom. The fourth-order valence-electron chi connectivity index (χ4n) is 5.01. The third-order valence-corrected chi connectivity index (χ3v) is 7.22. The molecule has 1 aliphatic carbocycles. The topological polar surface area (TPSA) is 81.7 Å². The summed E-state index contributed by atoms with van der Waals surface area (Å²) in [6.45, 7) is 8.02. The Labute approximate surface area is 204 Å². The van der Waals surface area contributed by atoms with Gasteiger partial charge in [-0.2, -0.15) is 0 Å². The maximum absolute atomic E-state index is 13.0. The Hall–Kier alpha value is -3.55. The standard InChI is InChI=1S/C27H30O8/c1-7-13(2)27(28)35-22-15(4)14(3)8-16-9-18-23(33-11-31-18)25(29-5)20(16)21-17(22)10-19-24(26(21)30-6)34-12-32-19/h7,9-10,14-15,22H,8,11-12H2,1-6H3/t14-,15+,22-/m0/s1. The van der Waals surface area contributed by atoms with Gasteiger partial charge < -0.3 is 33.2 Å². The van der Waals surface area contributed by atoms with Gasteiger partial charge in [-0.25, -0.2) is 4.79 Å². The van der Waals surface area contributed by atoms with Gasteiger partial charge in [-0.05, 0) is 43.9 Å². The van der Waals surface area contributed by atoms with Crippen LogP contribution in [-0.2, 0) is 16.0 Å². The van der Waals surface area contributed by atoms with Gasteiger partial charge >= 0.3 is 5.97 Å². The first-order valence-electron chi connectivity index (χ1n) is 11.7. The van der Waals surface area contributed by atoms with Crippen LogP contribution in [0.25, 0.3) is 11.1 Å². The number of esters is 1. The number of rotatable bonds is 4. The molecule has 0 radical (unpaired) electrons. The Kier molecular flexibility index (Phi) is 5.91. The molecular weight excluding hydrogens is 452 g/mol. The summed E-state index contributed by atoms with van der Waals surface area (Å²) >= 11 is 0. The average molecular weight is 483 g/mol. The molecule has 3 atom stereocenters. The first kappa shape index (κ1) is 23.2. The van der Waals surface area contributed by atoms with Crippen LogP contribution in [0.15, 0.2) is 23.8 Å². The van der Waals surface area contributed by atoms with E-state index in [1.54, 1.807) is 27.2 Å². The fraction of sp³-hybridized carbons (Fsp3) is 0.444. The highest BCUT2D eigenvalue weighted by Crippen LogP contribution is 2.59. The molecule has 5 rings (SSSR count). The number of ether oxygens (including phenoxy) is 7. The van der Waals surface area contributed by atoms with Crippen LogP contribution in [0.1, 0.15) is 44.9 Å². The second-order valence-corrected chi connectivity index (χ2v) is 9.12. The van der Waals surface area contributed by atoms with Crippen LogP contribution >= 0.6 is 0 Å². The van der Waals surface area contributed by atoms with Gasteiger partial charge in [-0.1, -0.05) is 19.9 Å². The minimum absolute atomic E-state index is 0.0167. The summed E-state index contributed by atoms with van der Waals surface area (Å²) in [4.78, 5) is 13.0. The maximum atomic E-state index is 13.0. The number of methoxy groups -OCH3 is 2. The summed E-state index contributed by atoms with van der Waals surface area (Å²) in [7, 11) is 3.20. The van der Waals surface area contributed by atoms with Gasteiger partial charge in [0.2, 0.25) is 25.1 Å². The molecule has 0 N–H and O–H groups in total. The Bertz CT molecular complexity index is 1210. The number of hydrogen-bond donors (Lipinski definition) is 0. The lowest BCUT2D eigenvalue weighted by molar-refractivity contribution is -0.148. The molecule has 0 bridgehead atoms. The van der Waals surface area contributed by atoms with Crippen molar-refractivity contribution in [2.24, 2.45) is 11.8 Å². The SMILES string of the molecule is CC=C(C)C(=O)O[C@@H]1c2cc3c(c(OC)c2-c2c(cc4c(c2OC)OCO4)C[C@H](C)[C@H]1C)OCO3. The van der Waals surface area contributed by atoms with Crippen LogP contribution < -0.4 is 28.4 Å². The van der Waals surface area contributed by atoms with Crippen LogP contribution in [0.5, 0.6) is 34.5 Å². The second-order valence-electron chi connectivity index (χ2n) is 9.12. The molecule has 8 nitrogen and oxygen atoms in total. The minimum Gasteiger partial charge on any atom is -0.492 e. The van der Waals surface area contributed by atoms with Gasteiger partial charge in [0.1, 0.15) is 6.10 Å². The highest BCUT2D eigenvalue weighted by atomic mass is 16.7. The van der Waals surface area contributed by atoms with Crippen LogP contribution in [0.3, 0.4) is 0 Å². The third-order valence-electron chi connectivity index (χ3n) is 7.22. The maximum Gasteiger partial charge on any atom is 0.333 e. The molecule has 2 aromatic carbocycles. The van der Waals surface area contributed by atoms with Crippen LogP contribution in [0, 0.1) is 11.8 Å². The summed E-state index contributed by atoms with van der Waals surface area (Å²) in [5, 5.41) is 0. The van der Waals surface area contributed by atoms with E-state index >= 15 is 0 Å². The van der Waals surface area contributed by atoms with Gasteiger partial charge in [-0.15, -0.1) is 0 Å². The predicted molar refractivity (Wildman–Crippen MR) is 128 cm³/mol. The van der Waals surface area contributed by atoms with Gasteiger partial charge in [0, 0.05) is 28.2 Å².